The van der Waals surface area contributed by atoms with Crippen LogP contribution < -0.4 is 11.2 Å². The van der Waals surface area contributed by atoms with E-state index in [-0.39, 0.29) is 13.2 Å². The van der Waals surface area contributed by atoms with Crippen LogP contribution in [-0.4, -0.2) is 37.3 Å². The van der Waals surface area contributed by atoms with Crippen LogP contribution in [0.3, 0.4) is 0 Å². The summed E-state index contributed by atoms with van der Waals surface area (Å²) in [4.78, 5) is 37.7. The largest absolute Gasteiger partial charge is 0.694 e. The van der Waals surface area contributed by atoms with E-state index in [1.165, 1.54) is 30.8 Å². The molecule has 2 rings (SSSR count). The summed E-state index contributed by atoms with van der Waals surface area (Å²) in [6.07, 6.45) is 4.61. The first kappa shape index (κ1) is 24.2. The maximum absolute atomic E-state index is 12.7. The van der Waals surface area contributed by atoms with Crippen molar-refractivity contribution >= 4 is 19.4 Å². The number of unbranched alkanes of at least 4 members (excludes halogenated alkanes) is 2. The van der Waals surface area contributed by atoms with Gasteiger partial charge in [-0.25, -0.2) is 9.78 Å². The molecular formula is C17H30N4O6P+. The molecule has 0 radical (unpaired) electrons. The molecule has 2 aromatic heterocycles. The van der Waals surface area contributed by atoms with Crippen LogP contribution in [0.25, 0.3) is 11.2 Å². The Morgan fingerprint density at radius 2 is 1.89 bits per heavy atom. The summed E-state index contributed by atoms with van der Waals surface area (Å²) >= 11 is 0. The zero-order valence-electron chi connectivity index (χ0n) is 17.1. The smallest absolute Gasteiger partial charge is 0.362 e. The molecular weight excluding hydrogens is 387 g/mol. The lowest BCUT2D eigenvalue weighted by Crippen LogP contribution is -2.40. The van der Waals surface area contributed by atoms with Gasteiger partial charge in [0.25, 0.3) is 5.56 Å². The molecule has 0 aliphatic heterocycles. The second-order valence-corrected chi connectivity index (χ2v) is 6.97. The Hall–Kier alpha value is -1.87. The number of hydrogen-bond donors (Lipinski definition) is 1. The molecule has 0 amide bonds. The lowest BCUT2D eigenvalue weighted by atomic mass is 10.3. The van der Waals surface area contributed by atoms with E-state index >= 15 is 0 Å². The average molecular weight is 417 g/mol. The molecule has 158 valence electrons. The molecule has 0 saturated carbocycles. The lowest BCUT2D eigenvalue weighted by molar-refractivity contribution is 0.0635. The Kier molecular flexibility index (Phi) is 10.2. The number of fused-ring (bicyclic) bond motifs is 1. The van der Waals surface area contributed by atoms with Crippen LogP contribution in [0.4, 0.5) is 0 Å². The van der Waals surface area contributed by atoms with Crippen molar-refractivity contribution in [1.29, 1.82) is 0 Å². The van der Waals surface area contributed by atoms with Crippen LogP contribution in [0, 0.1) is 0 Å². The molecule has 0 saturated heterocycles. The lowest BCUT2D eigenvalue weighted by Gasteiger charge is -2.13. The van der Waals surface area contributed by atoms with E-state index in [4.69, 9.17) is 9.63 Å². The molecule has 2 unspecified atom stereocenters. The van der Waals surface area contributed by atoms with Gasteiger partial charge in [0.05, 0.1) is 6.33 Å². The van der Waals surface area contributed by atoms with Gasteiger partial charge in [-0.3, -0.25) is 18.5 Å². The number of ether oxygens (including phenoxy) is 1. The third-order valence-electron chi connectivity index (χ3n) is 4.27. The van der Waals surface area contributed by atoms with Crippen molar-refractivity contribution in [2.24, 2.45) is 7.05 Å². The SMILES string of the molecule is CCCC.COC(C)n1cnc2c1c(=O)n(CCCCO[P+](=O)O)c(=O)n2C. The van der Waals surface area contributed by atoms with Gasteiger partial charge in [-0.1, -0.05) is 26.7 Å². The fraction of sp³-hybridized carbons (Fsp3) is 0.706. The molecule has 0 aromatic carbocycles. The van der Waals surface area contributed by atoms with Crippen molar-refractivity contribution in [3.05, 3.63) is 27.2 Å². The zero-order chi connectivity index (χ0) is 21.3. The maximum atomic E-state index is 12.7. The van der Waals surface area contributed by atoms with Crippen LogP contribution >= 0.6 is 8.25 Å². The van der Waals surface area contributed by atoms with E-state index in [1.54, 1.807) is 18.5 Å². The normalized spacial score (nSPS) is 12.6. The molecule has 2 aromatic rings. The van der Waals surface area contributed by atoms with E-state index in [1.807, 2.05) is 0 Å². The first-order valence-corrected chi connectivity index (χ1v) is 10.4. The Bertz CT molecular complexity index is 886. The van der Waals surface area contributed by atoms with Crippen molar-refractivity contribution in [1.82, 2.24) is 18.7 Å². The van der Waals surface area contributed by atoms with E-state index in [0.29, 0.717) is 24.0 Å². The highest BCUT2D eigenvalue weighted by Gasteiger charge is 2.18. The summed E-state index contributed by atoms with van der Waals surface area (Å²) in [5.74, 6) is 0. The highest BCUT2D eigenvalue weighted by Crippen LogP contribution is 2.15. The topological polar surface area (TPSA) is 118 Å². The molecule has 11 heteroatoms. The number of nitrogens with zero attached hydrogens (tertiary/aromatic N) is 4. The first-order chi connectivity index (χ1) is 13.3. The quantitative estimate of drug-likeness (QED) is 0.491. The number of aryl methyl sites for hydroxylation is 1. The van der Waals surface area contributed by atoms with E-state index < -0.39 is 25.7 Å². The van der Waals surface area contributed by atoms with Crippen LogP contribution in [0.15, 0.2) is 15.9 Å². The van der Waals surface area contributed by atoms with Gasteiger partial charge in [-0.2, -0.15) is 0 Å². The van der Waals surface area contributed by atoms with E-state index in [0.717, 1.165) is 4.57 Å². The summed E-state index contributed by atoms with van der Waals surface area (Å²) in [5, 5.41) is 0. The number of aromatic nitrogens is 4. The van der Waals surface area contributed by atoms with Gasteiger partial charge in [0.2, 0.25) is 0 Å². The Balaban J connectivity index is 0.000000892. The van der Waals surface area contributed by atoms with Crippen molar-refractivity contribution in [2.45, 2.75) is 59.2 Å². The van der Waals surface area contributed by atoms with Gasteiger partial charge in [-0.05, 0) is 19.8 Å². The summed E-state index contributed by atoms with van der Waals surface area (Å²) in [6, 6.07) is 0. The van der Waals surface area contributed by atoms with Gasteiger partial charge in [0.1, 0.15) is 12.8 Å². The standard InChI is InChI=1S/C13H19N4O6P.C4H10/c1-9(22-3)17-8-14-11-10(17)12(18)16(13(19)15(11)2)6-4-5-7-23-24(20)21;1-3-4-2/h8-9H,4-7H2,1-3H3;3-4H2,1-2H3/p+1. The molecule has 28 heavy (non-hydrogen) atoms. The fourth-order valence-corrected chi connectivity index (χ4v) is 2.68. The van der Waals surface area contributed by atoms with Crippen LogP contribution in [0.5, 0.6) is 0 Å². The average Bonchev–Trinajstić information content (AvgIpc) is 3.13. The number of methoxy groups -OCH3 is 1. The molecule has 0 bridgehead atoms. The molecule has 2 atom stereocenters. The van der Waals surface area contributed by atoms with Gasteiger partial charge < -0.3 is 4.74 Å². The Morgan fingerprint density at radius 1 is 1.25 bits per heavy atom. The van der Waals surface area contributed by atoms with Gasteiger partial charge in [-0.15, -0.1) is 9.42 Å². The summed E-state index contributed by atoms with van der Waals surface area (Å²) in [6.45, 7) is 6.39. The van der Waals surface area contributed by atoms with Crippen molar-refractivity contribution in [2.75, 3.05) is 13.7 Å². The van der Waals surface area contributed by atoms with Crippen LogP contribution in [0.1, 0.15) is 52.7 Å². The van der Waals surface area contributed by atoms with Gasteiger partial charge >= 0.3 is 13.9 Å². The van der Waals surface area contributed by atoms with E-state index in [2.05, 4.69) is 23.4 Å². The van der Waals surface area contributed by atoms with Crippen molar-refractivity contribution in [3.8, 4) is 0 Å². The molecule has 0 spiro atoms. The number of imidazole rings is 1. The fourth-order valence-electron chi connectivity index (χ4n) is 2.39. The second kappa shape index (κ2) is 11.9. The molecule has 2 heterocycles. The Morgan fingerprint density at radius 3 is 2.43 bits per heavy atom. The molecule has 0 fully saturated rings. The predicted molar refractivity (Wildman–Crippen MR) is 107 cm³/mol. The molecule has 10 nitrogen and oxygen atoms in total. The summed E-state index contributed by atoms with van der Waals surface area (Å²) < 4.78 is 24.2. The monoisotopic (exact) mass is 417 g/mol. The van der Waals surface area contributed by atoms with Crippen LogP contribution in [0.2, 0.25) is 0 Å². The predicted octanol–water partition coefficient (Wildman–Crippen LogP) is 2.31. The highest BCUT2D eigenvalue weighted by molar-refractivity contribution is 7.32. The van der Waals surface area contributed by atoms with Gasteiger partial charge in [0, 0.05) is 25.3 Å². The molecule has 0 aliphatic carbocycles. The van der Waals surface area contributed by atoms with E-state index in [9.17, 15) is 14.2 Å². The first-order valence-electron chi connectivity index (χ1n) is 9.28. The van der Waals surface area contributed by atoms with Crippen LogP contribution in [-0.2, 0) is 27.4 Å². The molecule has 1 N–H and O–H groups in total. The number of hydrogen-bond acceptors (Lipinski definition) is 6. The Labute approximate surface area is 164 Å². The van der Waals surface area contributed by atoms with Gasteiger partial charge in [0.15, 0.2) is 11.2 Å². The summed E-state index contributed by atoms with van der Waals surface area (Å²) in [7, 11) is 0.438. The third-order valence-corrected chi connectivity index (χ3v) is 4.67. The summed E-state index contributed by atoms with van der Waals surface area (Å²) in [5.41, 5.74) is -0.312. The van der Waals surface area contributed by atoms with Crippen molar-refractivity contribution in [3.63, 3.8) is 0 Å². The molecule has 0 aliphatic rings. The maximum Gasteiger partial charge on any atom is 0.694 e. The zero-order valence-corrected chi connectivity index (χ0v) is 18.0. The minimum Gasteiger partial charge on any atom is -0.362 e. The minimum atomic E-state index is -2.63. The highest BCUT2D eigenvalue weighted by atomic mass is 31.1. The third kappa shape index (κ3) is 6.07. The second-order valence-electron chi connectivity index (χ2n) is 6.24. The number of rotatable bonds is 9. The minimum absolute atomic E-state index is 0.0850. The van der Waals surface area contributed by atoms with Crippen molar-refractivity contribution < 1.29 is 18.7 Å².